The molecule has 2 amide bonds. The van der Waals surface area contributed by atoms with Gasteiger partial charge in [0.25, 0.3) is 0 Å². The van der Waals surface area contributed by atoms with E-state index in [0.29, 0.717) is 25.9 Å². The highest BCUT2D eigenvalue weighted by molar-refractivity contribution is 6.74. The highest BCUT2D eigenvalue weighted by Gasteiger charge is 2.38. The minimum absolute atomic E-state index is 0.0293. The molecule has 3 atom stereocenters. The van der Waals surface area contributed by atoms with Gasteiger partial charge in [0.05, 0.1) is 6.04 Å². The molecule has 236 valence electrons. The molecule has 0 aliphatic rings. The summed E-state index contributed by atoms with van der Waals surface area (Å²) in [4.78, 5) is 43.3. The van der Waals surface area contributed by atoms with Gasteiger partial charge in [-0.2, -0.15) is 0 Å². The zero-order chi connectivity index (χ0) is 31.9. The first-order valence-corrected chi connectivity index (χ1v) is 17.9. The van der Waals surface area contributed by atoms with E-state index >= 15 is 0 Å². The van der Waals surface area contributed by atoms with Crippen molar-refractivity contribution in [3.8, 4) is 0 Å². The minimum atomic E-state index is -2.04. The van der Waals surface area contributed by atoms with E-state index in [1.807, 2.05) is 65.1 Å². The molecule has 0 radical (unpaired) electrons. The van der Waals surface area contributed by atoms with E-state index in [1.165, 1.54) is 0 Å². The number of amides is 2. The molecule has 0 saturated heterocycles. The fourth-order valence-corrected chi connectivity index (χ4v) is 5.49. The first-order chi connectivity index (χ1) is 19.3. The van der Waals surface area contributed by atoms with E-state index in [-0.39, 0.29) is 22.8 Å². The number of esters is 1. The molecular formula is C32H54N4O5Si. The topological polar surface area (TPSA) is 122 Å². The number of carbonyl (C=O) groups excluding carboxylic acids is 3. The number of H-pyrrole nitrogens is 1. The summed E-state index contributed by atoms with van der Waals surface area (Å²) in [6.45, 7) is 20.7. The standard InChI is InChI=1S/C32H54N4O5Si/c1-21(2)18-26(35-25(30(39)41-31(3,4)5)16-17-40-42(10,11)32(6,7)8)29(38)36-27(28(37)33-9)19-22-20-34-24-15-13-12-14-23(22)24/h12-15,20-21,25-27,34-35H,16-19H2,1-11H3,(H,33,37)(H,36,38)/t25?,26-,27-/m0/s1. The van der Waals surface area contributed by atoms with Gasteiger partial charge in [0.1, 0.15) is 17.7 Å². The van der Waals surface area contributed by atoms with Crippen molar-refractivity contribution in [1.82, 2.24) is 20.9 Å². The fourth-order valence-electron chi connectivity index (χ4n) is 4.43. The van der Waals surface area contributed by atoms with Crippen molar-refractivity contribution in [2.45, 2.75) is 117 Å². The van der Waals surface area contributed by atoms with Gasteiger partial charge < -0.3 is 24.8 Å². The lowest BCUT2D eigenvalue weighted by atomic mass is 9.99. The lowest BCUT2D eigenvalue weighted by Crippen LogP contribution is -2.57. The second kappa shape index (κ2) is 14.7. The van der Waals surface area contributed by atoms with Crippen LogP contribution in [-0.4, -0.2) is 68.5 Å². The Morgan fingerprint density at radius 2 is 1.60 bits per heavy atom. The summed E-state index contributed by atoms with van der Waals surface area (Å²) in [5, 5.41) is 9.97. The van der Waals surface area contributed by atoms with Crippen LogP contribution in [0.3, 0.4) is 0 Å². The number of para-hydroxylation sites is 1. The van der Waals surface area contributed by atoms with Crippen LogP contribution in [0.4, 0.5) is 0 Å². The SMILES string of the molecule is CNC(=O)[C@H](Cc1c[nH]c2ccccc12)NC(=O)[C@H](CC(C)C)NC(CCO[Si](C)(C)C(C)(C)C)C(=O)OC(C)(C)C. The highest BCUT2D eigenvalue weighted by atomic mass is 28.4. The molecule has 0 aliphatic heterocycles. The van der Waals surface area contributed by atoms with Gasteiger partial charge in [-0.25, -0.2) is 0 Å². The first kappa shape index (κ1) is 35.5. The molecule has 0 fully saturated rings. The summed E-state index contributed by atoms with van der Waals surface area (Å²) in [5.74, 6) is -0.896. The van der Waals surface area contributed by atoms with Crippen molar-refractivity contribution in [2.24, 2.45) is 5.92 Å². The number of nitrogens with one attached hydrogen (secondary N) is 4. The Labute approximate surface area is 253 Å². The van der Waals surface area contributed by atoms with Gasteiger partial charge in [0.15, 0.2) is 8.32 Å². The smallest absolute Gasteiger partial charge is 0.323 e. The molecule has 42 heavy (non-hydrogen) atoms. The average Bonchev–Trinajstić information content (AvgIpc) is 3.27. The summed E-state index contributed by atoms with van der Waals surface area (Å²) in [6.07, 6.45) is 3.02. The second-order valence-electron chi connectivity index (χ2n) is 14.1. The quantitative estimate of drug-likeness (QED) is 0.177. The minimum Gasteiger partial charge on any atom is -0.459 e. The molecular weight excluding hydrogens is 548 g/mol. The van der Waals surface area contributed by atoms with E-state index in [2.05, 4.69) is 54.8 Å². The van der Waals surface area contributed by atoms with Crippen molar-refractivity contribution in [3.63, 3.8) is 0 Å². The Bertz CT molecular complexity index is 1200. The number of ether oxygens (including phenoxy) is 1. The lowest BCUT2D eigenvalue weighted by molar-refractivity contribution is -0.158. The van der Waals surface area contributed by atoms with Gasteiger partial charge >= 0.3 is 5.97 Å². The van der Waals surface area contributed by atoms with Crippen LogP contribution in [0.25, 0.3) is 10.9 Å². The number of rotatable bonds is 14. The Morgan fingerprint density at radius 3 is 2.17 bits per heavy atom. The normalized spacial score (nSPS) is 14.9. The lowest BCUT2D eigenvalue weighted by Gasteiger charge is -2.36. The number of benzene rings is 1. The number of fused-ring (bicyclic) bond motifs is 1. The fraction of sp³-hybridized carbons (Fsp3) is 0.656. The number of carbonyl (C=O) groups is 3. The molecule has 0 aliphatic carbocycles. The Morgan fingerprint density at radius 1 is 0.952 bits per heavy atom. The predicted octanol–water partition coefficient (Wildman–Crippen LogP) is 5.07. The molecule has 0 saturated carbocycles. The van der Waals surface area contributed by atoms with Gasteiger partial charge in [-0.05, 0) is 69.3 Å². The summed E-state index contributed by atoms with van der Waals surface area (Å²) in [7, 11) is -0.480. The Kier molecular flexibility index (Phi) is 12.4. The van der Waals surface area contributed by atoms with Crippen molar-refractivity contribution in [1.29, 1.82) is 0 Å². The van der Waals surface area contributed by atoms with Gasteiger partial charge in [-0.1, -0.05) is 52.8 Å². The van der Waals surface area contributed by atoms with Crippen LogP contribution in [0.1, 0.15) is 73.8 Å². The van der Waals surface area contributed by atoms with E-state index in [9.17, 15) is 14.4 Å². The number of hydrogen-bond acceptors (Lipinski definition) is 6. The summed E-state index contributed by atoms with van der Waals surface area (Å²) < 4.78 is 12.1. The van der Waals surface area contributed by atoms with E-state index < -0.39 is 38.0 Å². The van der Waals surface area contributed by atoms with Crippen molar-refractivity contribution < 1.29 is 23.5 Å². The van der Waals surface area contributed by atoms with Gasteiger partial charge in [0, 0.05) is 37.2 Å². The average molecular weight is 603 g/mol. The third-order valence-electron chi connectivity index (χ3n) is 7.77. The maximum absolute atomic E-state index is 13.8. The van der Waals surface area contributed by atoms with Gasteiger partial charge in [0.2, 0.25) is 11.8 Å². The maximum atomic E-state index is 13.8. The third-order valence-corrected chi connectivity index (χ3v) is 12.3. The Balaban J connectivity index is 2.28. The molecule has 9 nitrogen and oxygen atoms in total. The number of aromatic amines is 1. The Hall–Kier alpha value is -2.69. The number of aromatic nitrogens is 1. The molecule has 1 aromatic heterocycles. The predicted molar refractivity (Wildman–Crippen MR) is 172 cm³/mol. The third kappa shape index (κ3) is 10.5. The molecule has 1 aromatic carbocycles. The van der Waals surface area contributed by atoms with Crippen LogP contribution in [0.2, 0.25) is 18.1 Å². The monoisotopic (exact) mass is 602 g/mol. The molecule has 1 heterocycles. The molecule has 4 N–H and O–H groups in total. The van der Waals surface area contributed by atoms with Crippen LogP contribution in [-0.2, 0) is 30.0 Å². The van der Waals surface area contributed by atoms with Crippen molar-refractivity contribution in [2.75, 3.05) is 13.7 Å². The van der Waals surface area contributed by atoms with Gasteiger partial charge in [-0.3, -0.25) is 19.7 Å². The number of likely N-dealkylation sites (N-methyl/N-ethyl adjacent to an activating group) is 1. The van der Waals surface area contributed by atoms with Crippen LogP contribution in [0.5, 0.6) is 0 Å². The van der Waals surface area contributed by atoms with Crippen LogP contribution < -0.4 is 16.0 Å². The first-order valence-electron chi connectivity index (χ1n) is 15.0. The molecule has 10 heteroatoms. The highest BCUT2D eigenvalue weighted by Crippen LogP contribution is 2.36. The van der Waals surface area contributed by atoms with Gasteiger partial charge in [-0.15, -0.1) is 0 Å². The molecule has 2 aromatic rings. The zero-order valence-electron chi connectivity index (χ0n) is 27.6. The van der Waals surface area contributed by atoms with E-state index in [0.717, 1.165) is 16.5 Å². The van der Waals surface area contributed by atoms with E-state index in [4.69, 9.17) is 9.16 Å². The molecule has 0 spiro atoms. The summed E-state index contributed by atoms with van der Waals surface area (Å²) in [6, 6.07) is 5.59. The largest absolute Gasteiger partial charge is 0.459 e. The van der Waals surface area contributed by atoms with Crippen LogP contribution >= 0.6 is 0 Å². The summed E-state index contributed by atoms with van der Waals surface area (Å²) >= 11 is 0. The number of hydrogen-bond donors (Lipinski definition) is 4. The van der Waals surface area contributed by atoms with Crippen molar-refractivity contribution >= 4 is 37.0 Å². The maximum Gasteiger partial charge on any atom is 0.323 e. The van der Waals surface area contributed by atoms with Crippen LogP contribution in [0.15, 0.2) is 30.5 Å². The molecule has 2 rings (SSSR count). The van der Waals surface area contributed by atoms with E-state index in [1.54, 1.807) is 7.05 Å². The molecule has 1 unspecified atom stereocenters. The van der Waals surface area contributed by atoms with Crippen molar-refractivity contribution in [3.05, 3.63) is 36.0 Å². The molecule has 0 bridgehead atoms. The zero-order valence-corrected chi connectivity index (χ0v) is 28.6. The van der Waals surface area contributed by atoms with Crippen LogP contribution in [0, 0.1) is 5.92 Å². The second-order valence-corrected chi connectivity index (χ2v) is 18.9. The summed E-state index contributed by atoms with van der Waals surface area (Å²) in [5.41, 5.74) is 1.22.